The first-order valence-corrected chi connectivity index (χ1v) is 8.90. The number of nitrogens with one attached hydrogen (secondary N) is 2. The third-order valence-corrected chi connectivity index (χ3v) is 4.48. The average molecular weight is 368 g/mol. The Morgan fingerprint density at radius 2 is 2.11 bits per heavy atom. The molecule has 140 valence electrons. The number of furan rings is 1. The third-order valence-electron chi connectivity index (χ3n) is 4.48. The normalized spacial score (nSPS) is 16.5. The van der Waals surface area contributed by atoms with Crippen LogP contribution in [0.2, 0.25) is 0 Å². The van der Waals surface area contributed by atoms with Crippen LogP contribution in [-0.4, -0.2) is 40.5 Å². The molecule has 4 heterocycles. The van der Waals surface area contributed by atoms with Gasteiger partial charge in [-0.2, -0.15) is 0 Å². The summed E-state index contributed by atoms with van der Waals surface area (Å²) in [6, 6.07) is 8.87. The van der Waals surface area contributed by atoms with Gasteiger partial charge in [0.15, 0.2) is 5.69 Å². The first kappa shape index (κ1) is 17.3. The number of carbonyl (C=O) groups excluding carboxylic acids is 2. The predicted molar refractivity (Wildman–Crippen MR) is 96.4 cm³/mol. The quantitative estimate of drug-likeness (QED) is 0.691. The first-order valence-electron chi connectivity index (χ1n) is 8.90. The lowest BCUT2D eigenvalue weighted by Gasteiger charge is -2.10. The highest BCUT2D eigenvalue weighted by molar-refractivity contribution is 6.02. The standard InChI is InChI=1S/C19H20N4O4/c24-18(20-11-13-5-3-9-26-13)16-15-7-1-2-8-23(15)17(22-16)19(25)21-12-14-6-4-10-27-14/h1-3,5,7-9,14H,4,6,10-12H2,(H,20,24)(H,21,25). The molecule has 1 atom stereocenters. The minimum atomic E-state index is -0.367. The summed E-state index contributed by atoms with van der Waals surface area (Å²) in [7, 11) is 0. The lowest BCUT2D eigenvalue weighted by atomic mass is 10.2. The van der Waals surface area contributed by atoms with E-state index in [-0.39, 0.29) is 36.0 Å². The van der Waals surface area contributed by atoms with Crippen molar-refractivity contribution >= 4 is 17.3 Å². The lowest BCUT2D eigenvalue weighted by Crippen LogP contribution is -2.33. The van der Waals surface area contributed by atoms with Gasteiger partial charge in [0.25, 0.3) is 11.8 Å². The van der Waals surface area contributed by atoms with Crippen molar-refractivity contribution in [2.24, 2.45) is 0 Å². The molecule has 0 spiro atoms. The number of hydrogen-bond acceptors (Lipinski definition) is 5. The van der Waals surface area contributed by atoms with Crippen molar-refractivity contribution in [2.75, 3.05) is 13.2 Å². The number of aromatic nitrogens is 2. The first-order chi connectivity index (χ1) is 13.2. The van der Waals surface area contributed by atoms with Gasteiger partial charge in [-0.1, -0.05) is 6.07 Å². The molecule has 1 saturated heterocycles. The number of nitrogens with zero attached hydrogens (tertiary/aromatic N) is 2. The molecule has 3 aromatic rings. The van der Waals surface area contributed by atoms with Crippen LogP contribution < -0.4 is 10.6 Å². The SMILES string of the molecule is O=C(NCc1ccco1)c1nc(C(=O)NCC2CCCO2)n2ccccc12. The molecule has 1 unspecified atom stereocenters. The van der Waals surface area contributed by atoms with E-state index in [9.17, 15) is 9.59 Å². The van der Waals surface area contributed by atoms with Crippen molar-refractivity contribution in [3.63, 3.8) is 0 Å². The van der Waals surface area contributed by atoms with Gasteiger partial charge in [0.1, 0.15) is 5.76 Å². The summed E-state index contributed by atoms with van der Waals surface area (Å²) < 4.78 is 12.4. The van der Waals surface area contributed by atoms with E-state index in [1.165, 1.54) is 0 Å². The Hall–Kier alpha value is -3.13. The molecule has 0 aromatic carbocycles. The third kappa shape index (κ3) is 3.70. The average Bonchev–Trinajstić information content (AvgIpc) is 3.45. The molecule has 27 heavy (non-hydrogen) atoms. The van der Waals surface area contributed by atoms with E-state index >= 15 is 0 Å². The molecule has 1 fully saturated rings. The number of hydrogen-bond donors (Lipinski definition) is 2. The van der Waals surface area contributed by atoms with Crippen molar-refractivity contribution in [3.05, 3.63) is 60.1 Å². The molecule has 3 aromatic heterocycles. The molecule has 2 amide bonds. The molecule has 0 saturated carbocycles. The molecule has 4 rings (SSSR count). The summed E-state index contributed by atoms with van der Waals surface area (Å²) in [4.78, 5) is 29.5. The van der Waals surface area contributed by atoms with Gasteiger partial charge >= 0.3 is 0 Å². The van der Waals surface area contributed by atoms with Gasteiger partial charge < -0.3 is 19.8 Å². The molecule has 1 aliphatic heterocycles. The van der Waals surface area contributed by atoms with Crippen LogP contribution in [0.25, 0.3) is 5.52 Å². The molecule has 0 aliphatic carbocycles. The predicted octanol–water partition coefficient (Wildman–Crippen LogP) is 1.77. The summed E-state index contributed by atoms with van der Waals surface area (Å²) in [6.45, 7) is 1.41. The number of amides is 2. The van der Waals surface area contributed by atoms with Gasteiger partial charge in [0, 0.05) is 19.3 Å². The van der Waals surface area contributed by atoms with Crippen LogP contribution in [0, 0.1) is 0 Å². The highest BCUT2D eigenvalue weighted by atomic mass is 16.5. The van der Waals surface area contributed by atoms with Gasteiger partial charge in [-0.25, -0.2) is 4.98 Å². The minimum Gasteiger partial charge on any atom is -0.467 e. The monoisotopic (exact) mass is 368 g/mol. The van der Waals surface area contributed by atoms with Crippen LogP contribution in [0.3, 0.4) is 0 Å². The number of rotatable bonds is 6. The summed E-state index contributed by atoms with van der Waals surface area (Å²) in [5.74, 6) is 0.109. The number of imidazole rings is 1. The zero-order valence-electron chi connectivity index (χ0n) is 14.7. The van der Waals surface area contributed by atoms with Gasteiger partial charge in [0.05, 0.1) is 24.4 Å². The number of carbonyl (C=O) groups is 2. The Balaban J connectivity index is 1.52. The Labute approximate surface area is 155 Å². The Morgan fingerprint density at radius 1 is 1.19 bits per heavy atom. The highest BCUT2D eigenvalue weighted by Crippen LogP contribution is 2.15. The fraction of sp³-hybridized carbons (Fsp3) is 0.316. The van der Waals surface area contributed by atoms with E-state index in [4.69, 9.17) is 9.15 Å². The zero-order valence-corrected chi connectivity index (χ0v) is 14.7. The van der Waals surface area contributed by atoms with E-state index in [1.54, 1.807) is 47.2 Å². The largest absolute Gasteiger partial charge is 0.467 e. The molecule has 1 aliphatic rings. The van der Waals surface area contributed by atoms with Crippen LogP contribution >= 0.6 is 0 Å². The molecular formula is C19H20N4O4. The second-order valence-corrected chi connectivity index (χ2v) is 6.35. The number of ether oxygens (including phenoxy) is 1. The van der Waals surface area contributed by atoms with Crippen molar-refractivity contribution in [1.82, 2.24) is 20.0 Å². The smallest absolute Gasteiger partial charge is 0.287 e. The second kappa shape index (κ2) is 7.63. The number of fused-ring (bicyclic) bond motifs is 1. The summed E-state index contributed by atoms with van der Waals surface area (Å²) in [5, 5.41) is 5.61. The van der Waals surface area contributed by atoms with Crippen molar-refractivity contribution in [2.45, 2.75) is 25.5 Å². The molecule has 8 nitrogen and oxygen atoms in total. The second-order valence-electron chi connectivity index (χ2n) is 6.35. The van der Waals surface area contributed by atoms with Gasteiger partial charge in [-0.15, -0.1) is 0 Å². The van der Waals surface area contributed by atoms with E-state index in [1.807, 2.05) is 0 Å². The van der Waals surface area contributed by atoms with Crippen LogP contribution in [0.1, 0.15) is 39.7 Å². The summed E-state index contributed by atoms with van der Waals surface area (Å²) in [5.41, 5.74) is 0.765. The van der Waals surface area contributed by atoms with Crippen LogP contribution in [0.15, 0.2) is 47.2 Å². The van der Waals surface area contributed by atoms with Gasteiger partial charge in [-0.3, -0.25) is 14.0 Å². The van der Waals surface area contributed by atoms with Crippen molar-refractivity contribution < 1.29 is 18.7 Å². The lowest BCUT2D eigenvalue weighted by molar-refractivity contribution is 0.0848. The Morgan fingerprint density at radius 3 is 2.89 bits per heavy atom. The van der Waals surface area contributed by atoms with E-state index < -0.39 is 0 Å². The maximum atomic E-state index is 12.6. The van der Waals surface area contributed by atoms with E-state index in [2.05, 4.69) is 15.6 Å². The molecule has 0 bridgehead atoms. The van der Waals surface area contributed by atoms with Crippen molar-refractivity contribution in [3.8, 4) is 0 Å². The van der Waals surface area contributed by atoms with Crippen LogP contribution in [-0.2, 0) is 11.3 Å². The Kier molecular flexibility index (Phi) is 4.88. The topological polar surface area (TPSA) is 97.9 Å². The maximum absolute atomic E-state index is 12.6. The molecule has 8 heteroatoms. The Bertz CT molecular complexity index is 942. The number of pyridine rings is 1. The fourth-order valence-corrected chi connectivity index (χ4v) is 3.12. The zero-order chi connectivity index (χ0) is 18.6. The highest BCUT2D eigenvalue weighted by Gasteiger charge is 2.23. The molecular weight excluding hydrogens is 348 g/mol. The summed E-state index contributed by atoms with van der Waals surface area (Å²) >= 11 is 0. The maximum Gasteiger partial charge on any atom is 0.287 e. The van der Waals surface area contributed by atoms with Crippen molar-refractivity contribution in [1.29, 1.82) is 0 Å². The van der Waals surface area contributed by atoms with Gasteiger partial charge in [0.2, 0.25) is 5.82 Å². The fourth-order valence-electron chi connectivity index (χ4n) is 3.12. The molecule has 2 N–H and O–H groups in total. The minimum absolute atomic E-state index is 0.0382. The van der Waals surface area contributed by atoms with E-state index in [0.29, 0.717) is 17.8 Å². The van der Waals surface area contributed by atoms with Crippen LogP contribution in [0.4, 0.5) is 0 Å². The van der Waals surface area contributed by atoms with Gasteiger partial charge in [-0.05, 0) is 37.1 Å². The van der Waals surface area contributed by atoms with E-state index in [0.717, 1.165) is 19.4 Å². The summed E-state index contributed by atoms with van der Waals surface area (Å²) in [6.07, 6.45) is 5.24. The molecule has 0 radical (unpaired) electrons. The van der Waals surface area contributed by atoms with Crippen LogP contribution in [0.5, 0.6) is 0 Å².